The summed E-state index contributed by atoms with van der Waals surface area (Å²) in [5.74, 6) is 1.45. The van der Waals surface area contributed by atoms with E-state index in [-0.39, 0.29) is 11.2 Å². The highest BCUT2D eigenvalue weighted by molar-refractivity contribution is 9.10. The lowest BCUT2D eigenvalue weighted by Gasteiger charge is -2.15. The third-order valence-corrected chi connectivity index (χ3v) is 6.14. The fraction of sp³-hybridized carbons (Fsp3) is 0.263. The Bertz CT molecular complexity index is 1010. The first-order valence-corrected chi connectivity index (χ1v) is 10.4. The zero-order valence-corrected chi connectivity index (χ0v) is 17.6. The molecule has 1 atom stereocenters. The lowest BCUT2D eigenvalue weighted by atomic mass is 10.0. The number of nitrogens with zero attached hydrogens (tertiary/aromatic N) is 4. The summed E-state index contributed by atoms with van der Waals surface area (Å²) in [6, 6.07) is 10.1. The van der Waals surface area contributed by atoms with Crippen molar-refractivity contribution in [3.8, 4) is 5.95 Å². The van der Waals surface area contributed by atoms with Gasteiger partial charge < -0.3 is 5.32 Å². The minimum absolute atomic E-state index is 0.00621. The molecule has 0 saturated carbocycles. The summed E-state index contributed by atoms with van der Waals surface area (Å²) in [5.41, 5.74) is 4.70. The summed E-state index contributed by atoms with van der Waals surface area (Å²) >= 11 is 5.08. The van der Waals surface area contributed by atoms with Crippen molar-refractivity contribution in [3.05, 3.63) is 63.0 Å². The molecule has 0 aliphatic carbocycles. The van der Waals surface area contributed by atoms with Gasteiger partial charge in [0.25, 0.3) is 5.95 Å². The Hall–Kier alpha value is -2.19. The molecule has 2 aromatic heterocycles. The van der Waals surface area contributed by atoms with Crippen molar-refractivity contribution in [2.75, 3.05) is 11.1 Å². The molecule has 1 aromatic carbocycles. The molecule has 1 N–H and O–H groups in total. The predicted octanol–water partition coefficient (Wildman–Crippen LogP) is 4.12. The number of rotatable bonds is 2. The van der Waals surface area contributed by atoms with Crippen LogP contribution in [0.1, 0.15) is 33.5 Å². The van der Waals surface area contributed by atoms with E-state index in [0.29, 0.717) is 17.5 Å². The molecule has 138 valence electrons. The Morgan fingerprint density at radius 2 is 1.81 bits per heavy atom. The van der Waals surface area contributed by atoms with E-state index in [1.54, 1.807) is 16.4 Å². The number of fused-ring (bicyclic) bond motifs is 1. The molecule has 0 unspecified atom stereocenters. The number of thioether (sulfide) groups is 1. The third kappa shape index (κ3) is 3.51. The van der Waals surface area contributed by atoms with Gasteiger partial charge in [-0.2, -0.15) is 9.78 Å². The molecule has 6 nitrogen and oxygen atoms in total. The lowest BCUT2D eigenvalue weighted by molar-refractivity contribution is -0.113. The molecular weight excluding hydrogens is 426 g/mol. The molecule has 0 saturated heterocycles. The number of amides is 1. The van der Waals surface area contributed by atoms with E-state index >= 15 is 0 Å². The molecule has 0 bridgehead atoms. The number of hydrogen-bond acceptors (Lipinski definition) is 5. The van der Waals surface area contributed by atoms with Gasteiger partial charge in [-0.05, 0) is 44.5 Å². The van der Waals surface area contributed by atoms with Crippen molar-refractivity contribution in [1.82, 2.24) is 19.7 Å². The number of aryl methyl sites for hydroxylation is 3. The van der Waals surface area contributed by atoms with Crippen LogP contribution < -0.4 is 5.32 Å². The summed E-state index contributed by atoms with van der Waals surface area (Å²) in [6.07, 6.45) is 0. The van der Waals surface area contributed by atoms with Crippen molar-refractivity contribution in [3.63, 3.8) is 0 Å². The Morgan fingerprint density at radius 1 is 1.15 bits per heavy atom. The second-order valence-corrected chi connectivity index (χ2v) is 8.51. The molecule has 27 heavy (non-hydrogen) atoms. The number of anilines is 1. The van der Waals surface area contributed by atoms with Gasteiger partial charge in [-0.1, -0.05) is 28.1 Å². The van der Waals surface area contributed by atoms with Gasteiger partial charge >= 0.3 is 0 Å². The number of carbonyl (C=O) groups excluding carboxylic acids is 1. The largest absolute Gasteiger partial charge is 0.309 e. The van der Waals surface area contributed by atoms with Crippen LogP contribution in [0, 0.1) is 20.8 Å². The van der Waals surface area contributed by atoms with Crippen LogP contribution in [0.2, 0.25) is 0 Å². The second kappa shape index (κ2) is 7.09. The Balaban J connectivity index is 1.90. The molecule has 0 spiro atoms. The van der Waals surface area contributed by atoms with E-state index in [0.717, 1.165) is 32.7 Å². The Labute approximate surface area is 169 Å². The van der Waals surface area contributed by atoms with Crippen LogP contribution in [0.25, 0.3) is 5.95 Å². The number of benzene rings is 1. The monoisotopic (exact) mass is 443 g/mol. The summed E-state index contributed by atoms with van der Waals surface area (Å²) in [5, 5.41) is 7.69. The maximum absolute atomic E-state index is 12.4. The molecule has 1 amide bonds. The molecule has 4 rings (SSSR count). The first-order chi connectivity index (χ1) is 12.9. The third-order valence-electron chi connectivity index (χ3n) is 4.34. The maximum atomic E-state index is 12.4. The van der Waals surface area contributed by atoms with Crippen molar-refractivity contribution < 1.29 is 4.79 Å². The Kier molecular flexibility index (Phi) is 4.77. The molecule has 1 aliphatic heterocycles. The normalized spacial score (nSPS) is 16.6. The van der Waals surface area contributed by atoms with Gasteiger partial charge in [-0.3, -0.25) is 4.79 Å². The standard InChI is InChI=1S/C19H18BrN5OS/c1-10-8-11(2)22-19(21-10)25-18-16(12(3)24-25)17(27-9-15(26)23-18)13-4-6-14(20)7-5-13/h4-8,17H,9H2,1-3H3,(H,23,26)/t17-/m0/s1. The highest BCUT2D eigenvalue weighted by atomic mass is 79.9. The average Bonchev–Trinajstić information content (AvgIpc) is 2.81. The minimum atomic E-state index is -0.0496. The molecule has 0 fully saturated rings. The van der Waals surface area contributed by atoms with Crippen molar-refractivity contribution >= 4 is 39.4 Å². The van der Waals surface area contributed by atoms with Crippen LogP contribution in [0.4, 0.5) is 5.82 Å². The van der Waals surface area contributed by atoms with E-state index in [2.05, 4.69) is 48.4 Å². The highest BCUT2D eigenvalue weighted by Crippen LogP contribution is 2.43. The number of nitrogens with one attached hydrogen (secondary N) is 1. The zero-order valence-electron chi connectivity index (χ0n) is 15.2. The van der Waals surface area contributed by atoms with Crippen LogP contribution in [0.5, 0.6) is 0 Å². The fourth-order valence-electron chi connectivity index (χ4n) is 3.23. The van der Waals surface area contributed by atoms with Crippen LogP contribution in [-0.2, 0) is 4.79 Å². The fourth-order valence-corrected chi connectivity index (χ4v) is 4.68. The second-order valence-electron chi connectivity index (χ2n) is 6.50. The van der Waals surface area contributed by atoms with Crippen LogP contribution in [0.15, 0.2) is 34.8 Å². The van der Waals surface area contributed by atoms with Gasteiger partial charge in [0.2, 0.25) is 5.91 Å². The van der Waals surface area contributed by atoms with Gasteiger partial charge in [-0.15, -0.1) is 11.8 Å². The zero-order chi connectivity index (χ0) is 19.1. The predicted molar refractivity (Wildman–Crippen MR) is 110 cm³/mol. The molecule has 3 aromatic rings. The molecule has 3 heterocycles. The molecular formula is C19H18BrN5OS. The smallest absolute Gasteiger partial charge is 0.252 e. The number of halogens is 1. The van der Waals surface area contributed by atoms with E-state index in [4.69, 9.17) is 0 Å². The molecule has 0 radical (unpaired) electrons. The molecule has 8 heteroatoms. The van der Waals surface area contributed by atoms with E-state index in [1.807, 2.05) is 39.0 Å². The van der Waals surface area contributed by atoms with Crippen LogP contribution >= 0.6 is 27.7 Å². The van der Waals surface area contributed by atoms with Gasteiger partial charge in [-0.25, -0.2) is 9.97 Å². The summed E-state index contributed by atoms with van der Waals surface area (Å²) in [7, 11) is 0. The van der Waals surface area contributed by atoms with Crippen molar-refractivity contribution in [2.45, 2.75) is 26.0 Å². The first kappa shape index (κ1) is 18.2. The van der Waals surface area contributed by atoms with Crippen molar-refractivity contribution in [1.29, 1.82) is 0 Å². The maximum Gasteiger partial charge on any atom is 0.252 e. The summed E-state index contributed by atoms with van der Waals surface area (Å²) in [4.78, 5) is 21.4. The molecule has 1 aliphatic rings. The summed E-state index contributed by atoms with van der Waals surface area (Å²) in [6.45, 7) is 5.81. The number of carbonyl (C=O) groups is 1. The van der Waals surface area contributed by atoms with Gasteiger partial charge in [0.15, 0.2) is 0 Å². The lowest BCUT2D eigenvalue weighted by Crippen LogP contribution is -2.17. The first-order valence-electron chi connectivity index (χ1n) is 8.51. The van der Waals surface area contributed by atoms with Gasteiger partial charge in [0, 0.05) is 21.4 Å². The van der Waals surface area contributed by atoms with Crippen molar-refractivity contribution in [2.24, 2.45) is 0 Å². The van der Waals surface area contributed by atoms with E-state index < -0.39 is 0 Å². The SMILES string of the molecule is Cc1cc(C)nc(-n2nc(C)c3c2NC(=O)CS[C@H]3c2ccc(Br)cc2)n1. The topological polar surface area (TPSA) is 72.7 Å². The highest BCUT2D eigenvalue weighted by Gasteiger charge is 2.31. The van der Waals surface area contributed by atoms with E-state index in [1.165, 1.54) is 0 Å². The van der Waals surface area contributed by atoms with E-state index in [9.17, 15) is 4.79 Å². The minimum Gasteiger partial charge on any atom is -0.309 e. The van der Waals surface area contributed by atoms with Crippen LogP contribution in [0.3, 0.4) is 0 Å². The summed E-state index contributed by atoms with van der Waals surface area (Å²) < 4.78 is 2.68. The number of aromatic nitrogens is 4. The Morgan fingerprint density at radius 3 is 2.48 bits per heavy atom. The average molecular weight is 444 g/mol. The quantitative estimate of drug-likeness (QED) is 0.644. The van der Waals surface area contributed by atoms with Gasteiger partial charge in [0.1, 0.15) is 5.82 Å². The number of hydrogen-bond donors (Lipinski definition) is 1. The van der Waals surface area contributed by atoms with Crippen LogP contribution in [-0.4, -0.2) is 31.4 Å². The van der Waals surface area contributed by atoms with Gasteiger partial charge in [0.05, 0.1) is 16.7 Å².